The number of para-hydroxylation sites is 2. The Morgan fingerprint density at radius 1 is 1.19 bits per heavy atom. The Balaban J connectivity index is 1.72. The summed E-state index contributed by atoms with van der Waals surface area (Å²) in [5.41, 5.74) is 1.94. The number of rotatable bonds is 7. The van der Waals surface area contributed by atoms with E-state index < -0.39 is 0 Å². The van der Waals surface area contributed by atoms with Gasteiger partial charge in [0.2, 0.25) is 5.91 Å². The van der Waals surface area contributed by atoms with E-state index in [4.69, 9.17) is 4.74 Å². The van der Waals surface area contributed by atoms with Crippen LogP contribution in [-0.4, -0.2) is 45.0 Å². The fourth-order valence-electron chi connectivity index (χ4n) is 2.75. The predicted octanol–water partition coefficient (Wildman–Crippen LogP) is 3.42. The van der Waals surface area contributed by atoms with Crippen molar-refractivity contribution in [2.24, 2.45) is 0 Å². The lowest BCUT2D eigenvalue weighted by atomic mass is 10.2. The van der Waals surface area contributed by atoms with Crippen LogP contribution in [0.1, 0.15) is 12.5 Å². The molecule has 1 amide bonds. The summed E-state index contributed by atoms with van der Waals surface area (Å²) in [6.07, 6.45) is 1.63. The molecule has 6 nitrogen and oxygen atoms in total. The number of carbonyl (C=O) groups excluding carboxylic acids is 1. The number of benzene rings is 2. The zero-order valence-corrected chi connectivity index (χ0v) is 16.4. The molecule has 2 aromatic carbocycles. The number of nitrogens with zero attached hydrogens (tertiary/aromatic N) is 4. The fraction of sp³-hybridized carbons (Fsp3) is 0.250. The molecule has 0 unspecified atom stereocenters. The third-order valence-corrected chi connectivity index (χ3v) is 5.17. The van der Waals surface area contributed by atoms with Crippen LogP contribution in [0.3, 0.4) is 0 Å². The number of carbonyl (C=O) groups is 1. The highest BCUT2D eigenvalue weighted by Crippen LogP contribution is 2.29. The summed E-state index contributed by atoms with van der Waals surface area (Å²) in [5, 5.41) is 8.55. The van der Waals surface area contributed by atoms with Crippen molar-refractivity contribution in [3.05, 3.63) is 66.5 Å². The Labute approximate surface area is 163 Å². The molecule has 0 saturated carbocycles. The van der Waals surface area contributed by atoms with Gasteiger partial charge in [-0.05, 0) is 24.6 Å². The number of amides is 1. The maximum atomic E-state index is 12.8. The van der Waals surface area contributed by atoms with Crippen LogP contribution in [0, 0.1) is 0 Å². The molecule has 1 atom stereocenters. The van der Waals surface area contributed by atoms with E-state index in [0.29, 0.717) is 11.7 Å². The molecule has 0 aliphatic heterocycles. The summed E-state index contributed by atoms with van der Waals surface area (Å²) in [6, 6.07) is 17.6. The predicted molar refractivity (Wildman–Crippen MR) is 106 cm³/mol. The molecular formula is C20H22N4O2S. The average molecular weight is 382 g/mol. The molecule has 0 spiro atoms. The quantitative estimate of drug-likeness (QED) is 0.586. The number of ether oxygens (including phenoxy) is 1. The summed E-state index contributed by atoms with van der Waals surface area (Å²) in [6.45, 7) is 2.46. The second kappa shape index (κ2) is 8.73. The highest BCUT2D eigenvalue weighted by Gasteiger charge is 2.22. The molecule has 0 radical (unpaired) electrons. The highest BCUT2D eigenvalue weighted by atomic mass is 32.2. The first-order valence-electron chi connectivity index (χ1n) is 8.59. The second-order valence-corrected chi connectivity index (χ2v) is 7.40. The summed E-state index contributed by atoms with van der Waals surface area (Å²) in [7, 11) is 3.44. The van der Waals surface area contributed by atoms with E-state index in [1.807, 2.05) is 73.1 Å². The van der Waals surface area contributed by atoms with Gasteiger partial charge in [-0.15, -0.1) is 10.2 Å². The van der Waals surface area contributed by atoms with E-state index >= 15 is 0 Å². The van der Waals surface area contributed by atoms with Crippen LogP contribution in [0.2, 0.25) is 0 Å². The van der Waals surface area contributed by atoms with Crippen molar-refractivity contribution in [1.29, 1.82) is 0 Å². The molecule has 0 N–H and O–H groups in total. The minimum absolute atomic E-state index is 0.0402. The molecule has 1 heterocycles. The van der Waals surface area contributed by atoms with Crippen LogP contribution in [0.5, 0.6) is 5.75 Å². The maximum Gasteiger partial charge on any atom is 0.235 e. The molecule has 0 fully saturated rings. The Bertz CT molecular complexity index is 898. The molecule has 0 bridgehead atoms. The van der Waals surface area contributed by atoms with Gasteiger partial charge in [-0.3, -0.25) is 9.36 Å². The number of hydrogen-bond donors (Lipinski definition) is 0. The average Bonchev–Trinajstić information content (AvgIpc) is 3.15. The minimum atomic E-state index is -0.295. The van der Waals surface area contributed by atoms with Crippen molar-refractivity contribution < 1.29 is 9.53 Å². The van der Waals surface area contributed by atoms with Crippen LogP contribution in [0.4, 0.5) is 0 Å². The Hall–Kier alpha value is -2.80. The molecule has 27 heavy (non-hydrogen) atoms. The van der Waals surface area contributed by atoms with Crippen LogP contribution in [0.25, 0.3) is 5.69 Å². The lowest BCUT2D eigenvalue weighted by Crippen LogP contribution is -2.32. The largest absolute Gasteiger partial charge is 0.495 e. The molecule has 3 aromatic rings. The van der Waals surface area contributed by atoms with Crippen LogP contribution in [-0.2, 0) is 11.3 Å². The van der Waals surface area contributed by atoms with Gasteiger partial charge >= 0.3 is 0 Å². The third-order valence-electron chi connectivity index (χ3n) is 4.13. The number of thioether (sulfide) groups is 1. The van der Waals surface area contributed by atoms with Crippen molar-refractivity contribution >= 4 is 17.7 Å². The molecule has 7 heteroatoms. The summed E-state index contributed by atoms with van der Waals surface area (Å²) >= 11 is 1.38. The van der Waals surface area contributed by atoms with Crippen LogP contribution in [0.15, 0.2) is 66.1 Å². The number of methoxy groups -OCH3 is 1. The highest BCUT2D eigenvalue weighted by molar-refractivity contribution is 8.00. The first kappa shape index (κ1) is 19.0. The Morgan fingerprint density at radius 2 is 1.89 bits per heavy atom. The van der Waals surface area contributed by atoms with Gasteiger partial charge in [0.15, 0.2) is 5.16 Å². The topological polar surface area (TPSA) is 60.2 Å². The maximum absolute atomic E-state index is 12.8. The van der Waals surface area contributed by atoms with Crippen molar-refractivity contribution in [3.8, 4) is 11.4 Å². The minimum Gasteiger partial charge on any atom is -0.495 e. The molecule has 0 aliphatic rings. The molecule has 3 rings (SSSR count). The second-order valence-electron chi connectivity index (χ2n) is 6.10. The Kier molecular flexibility index (Phi) is 6.13. The zero-order valence-electron chi connectivity index (χ0n) is 15.6. The standard InChI is InChI=1S/C20H22N4O2S/c1-15(19(25)23(2)13-16-9-5-4-6-10-16)27-20-22-21-14-24(20)17-11-7-8-12-18(17)26-3/h4-12,14-15H,13H2,1-3H3/t15-/m0/s1. The van der Waals surface area contributed by atoms with Gasteiger partial charge in [-0.2, -0.15) is 0 Å². The van der Waals surface area contributed by atoms with E-state index in [-0.39, 0.29) is 11.2 Å². The monoisotopic (exact) mass is 382 g/mol. The van der Waals surface area contributed by atoms with Gasteiger partial charge in [0.05, 0.1) is 18.0 Å². The molecule has 1 aromatic heterocycles. The number of aromatic nitrogens is 3. The smallest absolute Gasteiger partial charge is 0.235 e. The van der Waals surface area contributed by atoms with Crippen molar-refractivity contribution in [2.45, 2.75) is 23.9 Å². The van der Waals surface area contributed by atoms with E-state index in [2.05, 4.69) is 10.2 Å². The van der Waals surface area contributed by atoms with Crippen molar-refractivity contribution in [3.63, 3.8) is 0 Å². The van der Waals surface area contributed by atoms with E-state index in [9.17, 15) is 4.79 Å². The van der Waals surface area contributed by atoms with Gasteiger partial charge in [-0.25, -0.2) is 0 Å². The Morgan fingerprint density at radius 3 is 2.63 bits per heavy atom. The van der Waals surface area contributed by atoms with Gasteiger partial charge < -0.3 is 9.64 Å². The SMILES string of the molecule is COc1ccccc1-n1cnnc1S[C@@H](C)C(=O)N(C)Cc1ccccc1. The van der Waals surface area contributed by atoms with Gasteiger partial charge in [-0.1, -0.05) is 54.2 Å². The third kappa shape index (κ3) is 4.49. The van der Waals surface area contributed by atoms with Gasteiger partial charge in [0.25, 0.3) is 0 Å². The molecule has 140 valence electrons. The van der Waals surface area contributed by atoms with Gasteiger partial charge in [0.1, 0.15) is 12.1 Å². The van der Waals surface area contributed by atoms with Crippen molar-refractivity contribution in [2.75, 3.05) is 14.2 Å². The van der Waals surface area contributed by atoms with Crippen LogP contribution >= 0.6 is 11.8 Å². The summed E-state index contributed by atoms with van der Waals surface area (Å²) in [5.74, 6) is 0.762. The van der Waals surface area contributed by atoms with Gasteiger partial charge in [0, 0.05) is 13.6 Å². The molecular weight excluding hydrogens is 360 g/mol. The molecule has 0 aliphatic carbocycles. The molecule has 0 saturated heterocycles. The lowest BCUT2D eigenvalue weighted by molar-refractivity contribution is -0.129. The van der Waals surface area contributed by atoms with E-state index in [1.54, 1.807) is 18.3 Å². The fourth-order valence-corrected chi connectivity index (χ4v) is 3.70. The van der Waals surface area contributed by atoms with E-state index in [1.165, 1.54) is 11.8 Å². The normalized spacial score (nSPS) is 11.8. The van der Waals surface area contributed by atoms with Crippen molar-refractivity contribution in [1.82, 2.24) is 19.7 Å². The summed E-state index contributed by atoms with van der Waals surface area (Å²) in [4.78, 5) is 14.5. The summed E-state index contributed by atoms with van der Waals surface area (Å²) < 4.78 is 7.26. The first-order valence-corrected chi connectivity index (χ1v) is 9.47. The first-order chi connectivity index (χ1) is 13.1. The number of hydrogen-bond acceptors (Lipinski definition) is 5. The van der Waals surface area contributed by atoms with E-state index in [0.717, 1.165) is 17.0 Å². The zero-order chi connectivity index (χ0) is 19.2. The lowest BCUT2D eigenvalue weighted by Gasteiger charge is -2.21. The van der Waals surface area contributed by atoms with Crippen LogP contribution < -0.4 is 4.74 Å².